The van der Waals surface area contributed by atoms with Gasteiger partial charge in [0.2, 0.25) is 0 Å². The third-order valence-corrected chi connectivity index (χ3v) is 5.36. The molecule has 0 aromatic rings. The van der Waals surface area contributed by atoms with Crippen LogP contribution in [0.3, 0.4) is 0 Å². The third-order valence-electron chi connectivity index (χ3n) is 5.36. The second kappa shape index (κ2) is 5.71. The number of likely N-dealkylation sites (N-methyl/N-ethyl adjacent to an activating group) is 1. The summed E-state index contributed by atoms with van der Waals surface area (Å²) in [7, 11) is 0. The zero-order chi connectivity index (χ0) is 12.3. The first-order valence-corrected chi connectivity index (χ1v) is 7.73. The molecule has 2 N–H and O–H groups in total. The molecule has 0 heterocycles. The lowest BCUT2D eigenvalue weighted by Gasteiger charge is -2.46. The fourth-order valence-electron chi connectivity index (χ4n) is 4.07. The Kier molecular flexibility index (Phi) is 4.48. The van der Waals surface area contributed by atoms with Gasteiger partial charge < -0.3 is 5.73 Å². The first-order valence-electron chi connectivity index (χ1n) is 7.73. The molecule has 2 aliphatic carbocycles. The van der Waals surface area contributed by atoms with E-state index in [-0.39, 0.29) is 0 Å². The molecule has 2 aliphatic rings. The lowest BCUT2D eigenvalue weighted by Crippen LogP contribution is -2.59. The molecular formula is C15H30N2. The molecule has 17 heavy (non-hydrogen) atoms. The summed E-state index contributed by atoms with van der Waals surface area (Å²) in [4.78, 5) is 2.66. The van der Waals surface area contributed by atoms with Crippen molar-refractivity contribution < 1.29 is 0 Å². The predicted molar refractivity (Wildman–Crippen MR) is 74.1 cm³/mol. The molecule has 0 aromatic carbocycles. The van der Waals surface area contributed by atoms with E-state index in [1.807, 2.05) is 0 Å². The van der Waals surface area contributed by atoms with Crippen molar-refractivity contribution in [2.75, 3.05) is 13.1 Å². The van der Waals surface area contributed by atoms with E-state index in [0.29, 0.717) is 11.6 Å². The Morgan fingerprint density at radius 1 is 1.12 bits per heavy atom. The van der Waals surface area contributed by atoms with Crippen LogP contribution in [0.5, 0.6) is 0 Å². The van der Waals surface area contributed by atoms with E-state index in [9.17, 15) is 0 Å². The van der Waals surface area contributed by atoms with Crippen LogP contribution in [0.25, 0.3) is 0 Å². The number of nitrogens with zero attached hydrogens (tertiary/aromatic N) is 1. The summed E-state index contributed by atoms with van der Waals surface area (Å²) in [5.41, 5.74) is 6.98. The predicted octanol–water partition coefficient (Wildman–Crippen LogP) is 3.16. The van der Waals surface area contributed by atoms with Crippen molar-refractivity contribution in [3.05, 3.63) is 0 Å². The van der Waals surface area contributed by atoms with E-state index in [2.05, 4.69) is 18.7 Å². The summed E-state index contributed by atoms with van der Waals surface area (Å²) in [5, 5.41) is 0. The van der Waals surface area contributed by atoms with Crippen LogP contribution in [0.4, 0.5) is 0 Å². The maximum Gasteiger partial charge on any atom is 0.0360 e. The Morgan fingerprint density at radius 2 is 1.71 bits per heavy atom. The van der Waals surface area contributed by atoms with Crippen LogP contribution in [0.2, 0.25) is 0 Å². The van der Waals surface area contributed by atoms with Crippen molar-refractivity contribution >= 4 is 0 Å². The van der Waals surface area contributed by atoms with Gasteiger partial charge in [-0.2, -0.15) is 0 Å². The molecule has 0 bridgehead atoms. The Morgan fingerprint density at radius 3 is 2.12 bits per heavy atom. The van der Waals surface area contributed by atoms with Crippen LogP contribution in [-0.2, 0) is 0 Å². The maximum absolute atomic E-state index is 6.63. The molecule has 2 rings (SSSR count). The normalized spacial score (nSPS) is 26.1. The first-order chi connectivity index (χ1) is 8.23. The monoisotopic (exact) mass is 238 g/mol. The lowest BCUT2D eigenvalue weighted by atomic mass is 9.75. The highest BCUT2D eigenvalue weighted by Crippen LogP contribution is 2.41. The summed E-state index contributed by atoms with van der Waals surface area (Å²) >= 11 is 0. The van der Waals surface area contributed by atoms with Gasteiger partial charge in [-0.3, -0.25) is 4.90 Å². The summed E-state index contributed by atoms with van der Waals surface area (Å²) in [5.74, 6) is 0.943. The van der Waals surface area contributed by atoms with Gasteiger partial charge in [-0.25, -0.2) is 0 Å². The van der Waals surface area contributed by atoms with Crippen LogP contribution in [0, 0.1) is 5.92 Å². The molecule has 2 saturated carbocycles. The largest absolute Gasteiger partial charge is 0.326 e. The second-order valence-corrected chi connectivity index (χ2v) is 6.12. The fourth-order valence-corrected chi connectivity index (χ4v) is 4.07. The van der Waals surface area contributed by atoms with Crippen molar-refractivity contribution in [2.45, 2.75) is 76.8 Å². The number of hydrogen-bond donors (Lipinski definition) is 1. The van der Waals surface area contributed by atoms with Crippen LogP contribution < -0.4 is 5.73 Å². The van der Waals surface area contributed by atoms with Crippen molar-refractivity contribution in [1.82, 2.24) is 4.90 Å². The van der Waals surface area contributed by atoms with Gasteiger partial charge in [0.1, 0.15) is 0 Å². The van der Waals surface area contributed by atoms with Crippen molar-refractivity contribution in [1.29, 1.82) is 0 Å². The van der Waals surface area contributed by atoms with E-state index in [4.69, 9.17) is 5.73 Å². The van der Waals surface area contributed by atoms with E-state index in [0.717, 1.165) is 19.0 Å². The van der Waals surface area contributed by atoms with Gasteiger partial charge in [0.25, 0.3) is 0 Å². The molecular weight excluding hydrogens is 208 g/mol. The van der Waals surface area contributed by atoms with Gasteiger partial charge in [-0.05, 0) is 38.3 Å². The summed E-state index contributed by atoms with van der Waals surface area (Å²) in [6.45, 7) is 6.91. The molecule has 0 aliphatic heterocycles. The van der Waals surface area contributed by atoms with Crippen molar-refractivity contribution in [3.63, 3.8) is 0 Å². The quantitative estimate of drug-likeness (QED) is 0.770. The van der Waals surface area contributed by atoms with Crippen LogP contribution in [-0.4, -0.2) is 29.6 Å². The van der Waals surface area contributed by atoms with Crippen molar-refractivity contribution in [2.24, 2.45) is 11.7 Å². The highest BCUT2D eigenvalue weighted by atomic mass is 15.2. The number of rotatable bonds is 6. The molecule has 0 saturated heterocycles. The van der Waals surface area contributed by atoms with Crippen LogP contribution >= 0.6 is 0 Å². The number of hydrogen-bond acceptors (Lipinski definition) is 2. The van der Waals surface area contributed by atoms with Crippen LogP contribution in [0.1, 0.15) is 65.2 Å². The molecule has 2 nitrogen and oxygen atoms in total. The molecule has 1 atom stereocenters. The summed E-state index contributed by atoms with van der Waals surface area (Å²) < 4.78 is 0. The minimum absolute atomic E-state index is 0.346. The zero-order valence-electron chi connectivity index (χ0n) is 11.8. The Balaban J connectivity index is 2.03. The van der Waals surface area contributed by atoms with Crippen LogP contribution in [0.15, 0.2) is 0 Å². The maximum atomic E-state index is 6.63. The topological polar surface area (TPSA) is 29.3 Å². The van der Waals surface area contributed by atoms with E-state index in [1.54, 1.807) is 0 Å². The Bertz CT molecular complexity index is 225. The SMILES string of the molecule is CCN(CC)C1(C(N)CC2CCC2)CCCC1. The minimum atomic E-state index is 0.346. The Hall–Kier alpha value is -0.0800. The highest BCUT2D eigenvalue weighted by molar-refractivity contribution is 5.02. The molecule has 2 heteroatoms. The summed E-state index contributed by atoms with van der Waals surface area (Å²) in [6.07, 6.45) is 11.0. The van der Waals surface area contributed by atoms with E-state index >= 15 is 0 Å². The number of nitrogens with two attached hydrogens (primary N) is 1. The smallest absolute Gasteiger partial charge is 0.0360 e. The van der Waals surface area contributed by atoms with Gasteiger partial charge in [0.05, 0.1) is 0 Å². The third kappa shape index (κ3) is 2.53. The minimum Gasteiger partial charge on any atom is -0.326 e. The van der Waals surface area contributed by atoms with Gasteiger partial charge >= 0.3 is 0 Å². The van der Waals surface area contributed by atoms with E-state index in [1.165, 1.54) is 51.4 Å². The zero-order valence-corrected chi connectivity index (χ0v) is 11.8. The fraction of sp³-hybridized carbons (Fsp3) is 1.00. The van der Waals surface area contributed by atoms with Gasteiger partial charge in [-0.15, -0.1) is 0 Å². The standard InChI is InChI=1S/C15H30N2/c1-3-17(4-2)15(10-5-6-11-15)14(16)12-13-8-7-9-13/h13-14H,3-12,16H2,1-2H3. The van der Waals surface area contributed by atoms with Gasteiger partial charge in [0, 0.05) is 11.6 Å². The molecule has 0 amide bonds. The Labute approximate surface area is 107 Å². The highest BCUT2D eigenvalue weighted by Gasteiger charge is 2.44. The molecule has 0 spiro atoms. The van der Waals surface area contributed by atoms with Crippen molar-refractivity contribution in [3.8, 4) is 0 Å². The molecule has 100 valence electrons. The average molecular weight is 238 g/mol. The lowest BCUT2D eigenvalue weighted by molar-refractivity contribution is 0.0617. The average Bonchev–Trinajstić information content (AvgIpc) is 2.75. The second-order valence-electron chi connectivity index (χ2n) is 6.12. The van der Waals surface area contributed by atoms with Gasteiger partial charge in [0.15, 0.2) is 0 Å². The van der Waals surface area contributed by atoms with E-state index < -0.39 is 0 Å². The molecule has 1 unspecified atom stereocenters. The molecule has 2 fully saturated rings. The first kappa shape index (κ1) is 13.4. The molecule has 0 aromatic heterocycles. The summed E-state index contributed by atoms with van der Waals surface area (Å²) in [6, 6.07) is 0.412. The van der Waals surface area contributed by atoms with Gasteiger partial charge in [-0.1, -0.05) is 46.0 Å². The molecule has 0 radical (unpaired) electrons.